The average molecular weight is 438 g/mol. The number of fused-ring (bicyclic) bond motifs is 1. The molecule has 0 aliphatic carbocycles. The predicted molar refractivity (Wildman–Crippen MR) is 97.7 cm³/mol. The number of hydrogen-bond donors (Lipinski definition) is 1. The number of esters is 1. The second-order valence-electron chi connectivity index (χ2n) is 4.67. The molecule has 0 fully saturated rings. The molecule has 0 bridgehead atoms. The number of aromatic nitrogens is 1. The van der Waals surface area contributed by atoms with Gasteiger partial charge >= 0.3 is 5.97 Å². The number of nitrogens with one attached hydrogen (secondary N) is 1. The van der Waals surface area contributed by atoms with Gasteiger partial charge in [0.05, 0.1) is 21.3 Å². The topological polar surface area (TPSA) is 68.3 Å². The first kappa shape index (κ1) is 15.9. The molecule has 7 heteroatoms. The van der Waals surface area contributed by atoms with E-state index in [9.17, 15) is 9.59 Å². The Morgan fingerprint density at radius 2 is 1.96 bits per heavy atom. The third-order valence-corrected chi connectivity index (χ3v) is 4.54. The van der Waals surface area contributed by atoms with E-state index in [1.165, 1.54) is 11.3 Å². The lowest BCUT2D eigenvalue weighted by Gasteiger charge is -2.07. The van der Waals surface area contributed by atoms with Gasteiger partial charge in [-0.15, -0.1) is 11.3 Å². The fourth-order valence-corrected chi connectivity index (χ4v) is 3.00. The number of amides is 1. The van der Waals surface area contributed by atoms with Gasteiger partial charge in [-0.05, 0) is 65.1 Å². The van der Waals surface area contributed by atoms with Crippen molar-refractivity contribution >= 4 is 61.7 Å². The van der Waals surface area contributed by atoms with E-state index in [2.05, 4.69) is 32.9 Å². The van der Waals surface area contributed by atoms with Crippen LogP contribution in [0.1, 0.15) is 10.4 Å². The van der Waals surface area contributed by atoms with E-state index in [1.54, 1.807) is 35.8 Å². The molecule has 0 radical (unpaired) electrons. The van der Waals surface area contributed by atoms with Gasteiger partial charge in [-0.2, -0.15) is 0 Å². The maximum Gasteiger partial charge on any atom is 0.338 e. The van der Waals surface area contributed by atoms with E-state index < -0.39 is 5.97 Å². The molecule has 1 N–H and O–H groups in total. The largest absolute Gasteiger partial charge is 0.452 e. The highest BCUT2D eigenvalue weighted by Gasteiger charge is 2.11. The summed E-state index contributed by atoms with van der Waals surface area (Å²) >= 11 is 3.63. The first-order chi connectivity index (χ1) is 11.1. The minimum Gasteiger partial charge on any atom is -0.452 e. The number of carbonyl (C=O) groups excluding carboxylic acids is 2. The van der Waals surface area contributed by atoms with Crippen molar-refractivity contribution in [3.63, 3.8) is 0 Å². The Labute approximate surface area is 149 Å². The molecular weight excluding hydrogens is 427 g/mol. The Hall–Kier alpha value is -2.00. The summed E-state index contributed by atoms with van der Waals surface area (Å²) in [5, 5.41) is 2.67. The predicted octanol–water partition coefficient (Wildman–Crippen LogP) is 3.70. The molecule has 1 amide bonds. The molecule has 1 aromatic heterocycles. The van der Waals surface area contributed by atoms with Crippen LogP contribution in [0.25, 0.3) is 10.2 Å². The van der Waals surface area contributed by atoms with E-state index in [0.29, 0.717) is 11.3 Å². The maximum absolute atomic E-state index is 12.0. The molecule has 0 spiro atoms. The van der Waals surface area contributed by atoms with Crippen LogP contribution < -0.4 is 5.32 Å². The second kappa shape index (κ2) is 7.05. The number of anilines is 1. The highest BCUT2D eigenvalue weighted by molar-refractivity contribution is 14.1. The summed E-state index contributed by atoms with van der Waals surface area (Å²) in [6.07, 6.45) is 0. The lowest BCUT2D eigenvalue weighted by Crippen LogP contribution is -2.20. The summed E-state index contributed by atoms with van der Waals surface area (Å²) in [4.78, 5) is 27.9. The quantitative estimate of drug-likeness (QED) is 0.499. The summed E-state index contributed by atoms with van der Waals surface area (Å²) in [5.41, 5.74) is 3.62. The molecule has 0 saturated carbocycles. The molecule has 5 nitrogen and oxygen atoms in total. The number of ether oxygens (including phenoxy) is 1. The highest BCUT2D eigenvalue weighted by atomic mass is 127. The van der Waals surface area contributed by atoms with Crippen molar-refractivity contribution in [2.24, 2.45) is 0 Å². The number of hydrogen-bond acceptors (Lipinski definition) is 5. The summed E-state index contributed by atoms with van der Waals surface area (Å²) in [6.45, 7) is -0.328. The molecule has 0 atom stereocenters. The number of carbonyl (C=O) groups is 2. The minimum atomic E-state index is -0.530. The normalized spacial score (nSPS) is 10.5. The van der Waals surface area contributed by atoms with Crippen LogP contribution in [-0.4, -0.2) is 23.5 Å². The summed E-state index contributed by atoms with van der Waals surface area (Å²) < 4.78 is 7.02. The van der Waals surface area contributed by atoms with Crippen molar-refractivity contribution in [1.82, 2.24) is 4.98 Å². The first-order valence-corrected chi connectivity index (χ1v) is 8.63. The molecule has 1 heterocycles. The van der Waals surface area contributed by atoms with Crippen molar-refractivity contribution in [1.29, 1.82) is 0 Å². The van der Waals surface area contributed by atoms with Crippen LogP contribution in [-0.2, 0) is 9.53 Å². The van der Waals surface area contributed by atoms with E-state index >= 15 is 0 Å². The zero-order valence-corrected chi connectivity index (χ0v) is 14.8. The van der Waals surface area contributed by atoms with Gasteiger partial charge in [0.1, 0.15) is 0 Å². The van der Waals surface area contributed by atoms with Crippen LogP contribution in [0.15, 0.2) is 48.0 Å². The van der Waals surface area contributed by atoms with Crippen LogP contribution in [0.3, 0.4) is 0 Å². The van der Waals surface area contributed by atoms with E-state index in [-0.39, 0.29) is 12.5 Å². The van der Waals surface area contributed by atoms with E-state index in [1.807, 2.05) is 12.1 Å². The Balaban J connectivity index is 1.57. The van der Waals surface area contributed by atoms with Gasteiger partial charge in [-0.3, -0.25) is 4.79 Å². The maximum atomic E-state index is 12.0. The smallest absolute Gasteiger partial charge is 0.338 e. The molecule has 0 aliphatic rings. The molecule has 0 saturated heterocycles. The molecular formula is C16H11IN2O3S. The minimum absolute atomic E-state index is 0.328. The summed E-state index contributed by atoms with van der Waals surface area (Å²) in [6, 6.07) is 12.5. The Morgan fingerprint density at radius 3 is 2.74 bits per heavy atom. The van der Waals surface area contributed by atoms with Crippen molar-refractivity contribution < 1.29 is 14.3 Å². The van der Waals surface area contributed by atoms with Gasteiger partial charge in [0.25, 0.3) is 5.91 Å². The fraction of sp³-hybridized carbons (Fsp3) is 0.0625. The number of rotatable bonds is 4. The van der Waals surface area contributed by atoms with Gasteiger partial charge < -0.3 is 10.1 Å². The molecule has 2 aromatic carbocycles. The third kappa shape index (κ3) is 4.05. The van der Waals surface area contributed by atoms with Crippen LogP contribution in [0.5, 0.6) is 0 Å². The SMILES string of the molecule is O=C(COC(=O)c1ccc2ncsc2c1)Nc1ccc(I)cc1. The number of thiazole rings is 1. The zero-order valence-electron chi connectivity index (χ0n) is 11.8. The Kier molecular flexibility index (Phi) is 4.87. The van der Waals surface area contributed by atoms with Crippen LogP contribution in [0.4, 0.5) is 5.69 Å². The average Bonchev–Trinajstić information content (AvgIpc) is 3.02. The van der Waals surface area contributed by atoms with Crippen molar-refractivity contribution in [2.45, 2.75) is 0 Å². The van der Waals surface area contributed by atoms with Gasteiger partial charge in [0.2, 0.25) is 0 Å². The van der Waals surface area contributed by atoms with Gasteiger partial charge in [-0.1, -0.05) is 0 Å². The molecule has 116 valence electrons. The summed E-state index contributed by atoms with van der Waals surface area (Å²) in [5.74, 6) is -0.906. The van der Waals surface area contributed by atoms with Crippen LogP contribution in [0.2, 0.25) is 0 Å². The Bertz CT molecular complexity index is 861. The molecule has 0 unspecified atom stereocenters. The number of halogens is 1. The fourth-order valence-electron chi connectivity index (χ4n) is 1.93. The van der Waals surface area contributed by atoms with E-state index in [4.69, 9.17) is 4.74 Å². The Morgan fingerprint density at radius 1 is 1.17 bits per heavy atom. The van der Waals surface area contributed by atoms with Crippen molar-refractivity contribution in [3.8, 4) is 0 Å². The van der Waals surface area contributed by atoms with Crippen LogP contribution >= 0.6 is 33.9 Å². The second-order valence-corrected chi connectivity index (χ2v) is 6.80. The van der Waals surface area contributed by atoms with Gasteiger partial charge in [0, 0.05) is 9.26 Å². The molecule has 23 heavy (non-hydrogen) atoms. The lowest BCUT2D eigenvalue weighted by molar-refractivity contribution is -0.119. The highest BCUT2D eigenvalue weighted by Crippen LogP contribution is 2.19. The van der Waals surface area contributed by atoms with Gasteiger partial charge in [-0.25, -0.2) is 9.78 Å². The molecule has 3 aromatic rings. The van der Waals surface area contributed by atoms with Crippen molar-refractivity contribution in [2.75, 3.05) is 11.9 Å². The third-order valence-electron chi connectivity index (χ3n) is 3.03. The van der Waals surface area contributed by atoms with Crippen molar-refractivity contribution in [3.05, 3.63) is 57.1 Å². The standard InChI is InChI=1S/C16H11IN2O3S/c17-11-2-4-12(5-3-11)19-15(20)8-22-16(21)10-1-6-13-14(7-10)23-9-18-13/h1-7,9H,8H2,(H,19,20). The number of benzene rings is 2. The number of nitrogens with zero attached hydrogens (tertiary/aromatic N) is 1. The van der Waals surface area contributed by atoms with E-state index in [0.717, 1.165) is 13.8 Å². The monoisotopic (exact) mass is 438 g/mol. The summed E-state index contributed by atoms with van der Waals surface area (Å²) in [7, 11) is 0. The van der Waals surface area contributed by atoms with Gasteiger partial charge in [0.15, 0.2) is 6.61 Å². The molecule has 3 rings (SSSR count). The lowest BCUT2D eigenvalue weighted by atomic mass is 10.2. The molecule has 0 aliphatic heterocycles. The first-order valence-electron chi connectivity index (χ1n) is 6.67. The van der Waals surface area contributed by atoms with Crippen LogP contribution in [0, 0.1) is 3.57 Å². The zero-order chi connectivity index (χ0) is 16.2.